The molecule has 6 nitrogen and oxygen atoms in total. The molecule has 6 heteroatoms. The van der Waals surface area contributed by atoms with Crippen molar-refractivity contribution in [1.29, 1.82) is 0 Å². The maximum atomic E-state index is 6.08. The lowest BCUT2D eigenvalue weighted by Gasteiger charge is -2.07. The highest BCUT2D eigenvalue weighted by Crippen LogP contribution is 2.17. The maximum Gasteiger partial charge on any atom is 0.141 e. The number of imidazole rings is 1. The monoisotopic (exact) mass is 242 g/mol. The largest absolute Gasteiger partial charge is 0.331 e. The fourth-order valence-corrected chi connectivity index (χ4v) is 2.06. The zero-order valence-electron chi connectivity index (χ0n) is 10.0. The highest BCUT2D eigenvalue weighted by Gasteiger charge is 2.14. The second-order valence-corrected chi connectivity index (χ2v) is 4.26. The molecule has 3 rings (SSSR count). The summed E-state index contributed by atoms with van der Waals surface area (Å²) in [5.41, 5.74) is 8.17. The van der Waals surface area contributed by atoms with Crippen LogP contribution in [0.25, 0.3) is 11.0 Å². The molecular formula is C12H14N6. The summed E-state index contributed by atoms with van der Waals surface area (Å²) in [6.07, 6.45) is 2.09. The molecule has 18 heavy (non-hydrogen) atoms. The summed E-state index contributed by atoms with van der Waals surface area (Å²) in [6, 6.07) is 7.81. The van der Waals surface area contributed by atoms with Gasteiger partial charge in [-0.05, 0) is 12.1 Å². The molecule has 1 aromatic carbocycles. The molecule has 0 bridgehead atoms. The lowest BCUT2D eigenvalue weighted by molar-refractivity contribution is 0.630. The highest BCUT2D eigenvalue weighted by molar-refractivity contribution is 5.75. The Hall–Kier alpha value is -2.21. The number of hydrogen-bond donors (Lipinski definition) is 2. The van der Waals surface area contributed by atoms with Crippen LogP contribution in [0.1, 0.15) is 17.7 Å². The van der Waals surface area contributed by atoms with Crippen molar-refractivity contribution in [1.82, 2.24) is 24.7 Å². The number of H-pyrrole nitrogens is 1. The third-order valence-corrected chi connectivity index (χ3v) is 3.07. The minimum atomic E-state index is -0.219. The molecule has 0 fully saturated rings. The van der Waals surface area contributed by atoms with Crippen LogP contribution in [0.15, 0.2) is 30.6 Å². The van der Waals surface area contributed by atoms with Gasteiger partial charge in [-0.15, -0.1) is 0 Å². The molecule has 1 unspecified atom stereocenters. The number of para-hydroxylation sites is 2. The Bertz CT molecular complexity index is 654. The lowest BCUT2D eigenvalue weighted by Crippen LogP contribution is -2.17. The maximum absolute atomic E-state index is 6.08. The number of rotatable bonds is 3. The van der Waals surface area contributed by atoms with E-state index in [0.29, 0.717) is 12.2 Å². The molecule has 0 spiro atoms. The summed E-state index contributed by atoms with van der Waals surface area (Å²) in [5, 5.41) is 6.59. The highest BCUT2D eigenvalue weighted by atomic mass is 15.2. The number of hydrogen-bond acceptors (Lipinski definition) is 4. The van der Waals surface area contributed by atoms with Gasteiger partial charge in [-0.1, -0.05) is 12.1 Å². The van der Waals surface area contributed by atoms with Crippen LogP contribution in [0.5, 0.6) is 0 Å². The number of fused-ring (bicyclic) bond motifs is 1. The average molecular weight is 242 g/mol. The summed E-state index contributed by atoms with van der Waals surface area (Å²) in [7, 11) is 2.00. The smallest absolute Gasteiger partial charge is 0.141 e. The Morgan fingerprint density at radius 2 is 2.22 bits per heavy atom. The normalized spacial score (nSPS) is 13.0. The fraction of sp³-hybridized carbons (Fsp3) is 0.250. The van der Waals surface area contributed by atoms with Crippen LogP contribution in [-0.4, -0.2) is 24.7 Å². The molecule has 3 N–H and O–H groups in total. The van der Waals surface area contributed by atoms with Gasteiger partial charge in [-0.2, -0.15) is 5.10 Å². The molecule has 0 aliphatic heterocycles. The van der Waals surface area contributed by atoms with E-state index in [1.54, 1.807) is 0 Å². The van der Waals surface area contributed by atoms with E-state index >= 15 is 0 Å². The van der Waals surface area contributed by atoms with E-state index in [0.717, 1.165) is 16.9 Å². The van der Waals surface area contributed by atoms with Crippen LogP contribution < -0.4 is 5.73 Å². The van der Waals surface area contributed by atoms with Crippen LogP contribution >= 0.6 is 0 Å². The predicted molar refractivity (Wildman–Crippen MR) is 67.7 cm³/mol. The van der Waals surface area contributed by atoms with E-state index in [-0.39, 0.29) is 6.04 Å². The summed E-state index contributed by atoms with van der Waals surface area (Å²) in [4.78, 5) is 8.65. The number of nitrogens with one attached hydrogen (secondary N) is 1. The van der Waals surface area contributed by atoms with Crippen LogP contribution in [0.2, 0.25) is 0 Å². The van der Waals surface area contributed by atoms with Crippen molar-refractivity contribution >= 4 is 11.0 Å². The SMILES string of the molecule is Cn1c(CC(N)c2ncn[nH]2)nc2ccccc21. The van der Waals surface area contributed by atoms with E-state index in [2.05, 4.69) is 24.7 Å². The second kappa shape index (κ2) is 4.23. The van der Waals surface area contributed by atoms with Gasteiger partial charge in [0.25, 0.3) is 0 Å². The van der Waals surface area contributed by atoms with Crippen LogP contribution in [0, 0.1) is 0 Å². The zero-order valence-corrected chi connectivity index (χ0v) is 10.0. The van der Waals surface area contributed by atoms with Crippen molar-refractivity contribution in [2.24, 2.45) is 12.8 Å². The molecule has 0 aliphatic carbocycles. The molecule has 0 saturated carbocycles. The number of aromatic amines is 1. The number of aryl methyl sites for hydroxylation is 1. The summed E-state index contributed by atoms with van der Waals surface area (Å²) >= 11 is 0. The minimum absolute atomic E-state index is 0.219. The van der Waals surface area contributed by atoms with Gasteiger partial charge in [0, 0.05) is 13.5 Å². The molecule has 2 aromatic heterocycles. The molecule has 0 aliphatic rings. The van der Waals surface area contributed by atoms with Gasteiger partial charge in [0.2, 0.25) is 0 Å². The Morgan fingerprint density at radius 1 is 1.39 bits per heavy atom. The number of nitrogens with two attached hydrogens (primary N) is 1. The Kier molecular flexibility index (Phi) is 2.56. The van der Waals surface area contributed by atoms with Crippen molar-refractivity contribution < 1.29 is 0 Å². The predicted octanol–water partition coefficient (Wildman–Crippen LogP) is 0.934. The minimum Gasteiger partial charge on any atom is -0.331 e. The quantitative estimate of drug-likeness (QED) is 0.715. The van der Waals surface area contributed by atoms with Gasteiger partial charge >= 0.3 is 0 Å². The van der Waals surface area contributed by atoms with Crippen molar-refractivity contribution in [2.75, 3.05) is 0 Å². The average Bonchev–Trinajstić information content (AvgIpc) is 3.00. The van der Waals surface area contributed by atoms with E-state index < -0.39 is 0 Å². The number of nitrogens with zero attached hydrogens (tertiary/aromatic N) is 4. The number of benzene rings is 1. The first-order valence-corrected chi connectivity index (χ1v) is 5.77. The van der Waals surface area contributed by atoms with Gasteiger partial charge in [0.05, 0.1) is 17.1 Å². The first-order valence-electron chi connectivity index (χ1n) is 5.77. The molecular weight excluding hydrogens is 228 g/mol. The Morgan fingerprint density at radius 3 is 2.94 bits per heavy atom. The van der Waals surface area contributed by atoms with E-state index in [9.17, 15) is 0 Å². The molecule has 0 radical (unpaired) electrons. The third-order valence-electron chi connectivity index (χ3n) is 3.07. The molecule has 2 heterocycles. The van der Waals surface area contributed by atoms with Crippen LogP contribution in [0.4, 0.5) is 0 Å². The van der Waals surface area contributed by atoms with Crippen LogP contribution in [-0.2, 0) is 13.5 Å². The van der Waals surface area contributed by atoms with Gasteiger partial charge in [-0.3, -0.25) is 5.10 Å². The zero-order chi connectivity index (χ0) is 12.5. The summed E-state index contributed by atoms with van der Waals surface area (Å²) in [5.74, 6) is 1.63. The fourth-order valence-electron chi connectivity index (χ4n) is 2.06. The molecule has 1 atom stereocenters. The van der Waals surface area contributed by atoms with Crippen molar-refractivity contribution in [2.45, 2.75) is 12.5 Å². The van der Waals surface area contributed by atoms with E-state index in [1.807, 2.05) is 31.3 Å². The van der Waals surface area contributed by atoms with E-state index in [4.69, 9.17) is 5.73 Å². The standard InChI is InChI=1S/C12H14N6/c1-18-10-5-3-2-4-9(10)16-11(18)6-8(13)12-14-7-15-17-12/h2-5,7-8H,6,13H2,1H3,(H,14,15,17). The summed E-state index contributed by atoms with van der Waals surface area (Å²) in [6.45, 7) is 0. The van der Waals surface area contributed by atoms with Crippen LogP contribution in [0.3, 0.4) is 0 Å². The first-order chi connectivity index (χ1) is 8.75. The Labute approximate surface area is 104 Å². The van der Waals surface area contributed by atoms with E-state index in [1.165, 1.54) is 6.33 Å². The van der Waals surface area contributed by atoms with Crippen molar-refractivity contribution in [3.63, 3.8) is 0 Å². The molecule has 0 amide bonds. The van der Waals surface area contributed by atoms with Gasteiger partial charge in [0.1, 0.15) is 18.0 Å². The molecule has 3 aromatic rings. The number of aromatic nitrogens is 5. The molecule has 0 saturated heterocycles. The molecule has 92 valence electrons. The lowest BCUT2D eigenvalue weighted by atomic mass is 10.2. The Balaban J connectivity index is 1.93. The summed E-state index contributed by atoms with van der Waals surface area (Å²) < 4.78 is 2.06. The van der Waals surface area contributed by atoms with Gasteiger partial charge in [0.15, 0.2) is 0 Å². The first kappa shape index (κ1) is 10.9. The van der Waals surface area contributed by atoms with Gasteiger partial charge < -0.3 is 10.3 Å². The topological polar surface area (TPSA) is 85.4 Å². The van der Waals surface area contributed by atoms with Crippen molar-refractivity contribution in [3.8, 4) is 0 Å². The van der Waals surface area contributed by atoms with Gasteiger partial charge in [-0.25, -0.2) is 9.97 Å². The van der Waals surface area contributed by atoms with Crippen molar-refractivity contribution in [3.05, 3.63) is 42.2 Å². The third kappa shape index (κ3) is 1.76. The second-order valence-electron chi connectivity index (χ2n) is 4.26.